The highest BCUT2D eigenvalue weighted by atomic mass is 79.9. The maximum Gasteiger partial charge on any atom is 0.184 e. The topological polar surface area (TPSA) is 33.5 Å². The summed E-state index contributed by atoms with van der Waals surface area (Å²) < 4.78 is 4.62. The van der Waals surface area contributed by atoms with Crippen molar-refractivity contribution in [3.05, 3.63) is 120 Å². The molecule has 4 bridgehead atoms. The second-order valence-corrected chi connectivity index (χ2v) is 14.4. The van der Waals surface area contributed by atoms with E-state index in [1.165, 1.54) is 96.3 Å². The van der Waals surface area contributed by atoms with Gasteiger partial charge in [-0.25, -0.2) is 9.13 Å². The Morgan fingerprint density at radius 3 is 1.33 bits per heavy atom. The number of pyridine rings is 4. The fourth-order valence-electron chi connectivity index (χ4n) is 6.39. The minimum atomic E-state index is 0. The lowest BCUT2D eigenvalue weighted by Gasteiger charge is -2.02. The summed E-state index contributed by atoms with van der Waals surface area (Å²) in [5, 5.41) is 0. The predicted molar refractivity (Wildman–Crippen MR) is 233 cm³/mol. The van der Waals surface area contributed by atoms with Crippen molar-refractivity contribution >= 4 is 0 Å². The summed E-state index contributed by atoms with van der Waals surface area (Å²) in [6, 6.07) is 16.3. The van der Waals surface area contributed by atoms with Crippen LogP contribution in [0.4, 0.5) is 0 Å². The zero-order valence-electron chi connectivity index (χ0n) is 34.0. The predicted octanol–water partition coefficient (Wildman–Crippen LogP) is 5.39. The van der Waals surface area contributed by atoms with E-state index >= 15 is 0 Å². The molecule has 5 rings (SSSR count). The van der Waals surface area contributed by atoms with Gasteiger partial charge in [0.15, 0.2) is 24.8 Å². The van der Waals surface area contributed by atoms with Gasteiger partial charge < -0.3 is 34.0 Å². The van der Waals surface area contributed by atoms with E-state index in [4.69, 9.17) is 0 Å². The molecule has 0 aliphatic carbocycles. The lowest BCUT2D eigenvalue weighted by molar-refractivity contribution is -0.697. The third kappa shape index (κ3) is 25.9. The Bertz CT molecular complexity index is 1740. The highest BCUT2D eigenvalue weighted by Gasteiger charge is 2.03. The fraction of sp³-hybridized carbons (Fsp3) is 0.462. The maximum absolute atomic E-state index is 4.04. The van der Waals surface area contributed by atoms with Gasteiger partial charge in [0.1, 0.15) is 13.1 Å². The molecule has 6 heteroatoms. The minimum absolute atomic E-state index is 0. The van der Waals surface area contributed by atoms with E-state index in [-0.39, 0.29) is 41.4 Å². The van der Waals surface area contributed by atoms with E-state index in [0.29, 0.717) is 0 Å². The van der Waals surface area contributed by atoms with Crippen molar-refractivity contribution in [2.45, 2.75) is 155 Å². The molecule has 0 spiro atoms. The number of aromatic nitrogens is 4. The number of halogens is 2. The van der Waals surface area contributed by atoms with Gasteiger partial charge in [0.25, 0.3) is 0 Å². The fourth-order valence-corrected chi connectivity index (χ4v) is 6.39. The number of nitrogens with zero attached hydrogens (tertiary/aromatic N) is 4. The van der Waals surface area contributed by atoms with Crippen LogP contribution < -0.4 is 43.1 Å². The molecule has 58 heavy (non-hydrogen) atoms. The molecule has 0 saturated heterocycles. The van der Waals surface area contributed by atoms with Crippen LogP contribution in [0.5, 0.6) is 0 Å². The van der Waals surface area contributed by atoms with Crippen molar-refractivity contribution in [2.24, 2.45) is 0 Å². The first kappa shape index (κ1) is 51.8. The molecule has 0 unspecified atom stereocenters. The van der Waals surface area contributed by atoms with Crippen molar-refractivity contribution in [3.8, 4) is 47.4 Å². The lowest BCUT2D eigenvalue weighted by atomic mass is 10.1. The average Bonchev–Trinajstić information content (AvgIpc) is 3.22. The van der Waals surface area contributed by atoms with Crippen LogP contribution in [0, 0.1) is 47.4 Å². The van der Waals surface area contributed by atoms with Gasteiger partial charge in [-0.1, -0.05) is 113 Å². The molecule has 0 amide bonds. The van der Waals surface area contributed by atoms with Crippen LogP contribution >= 0.6 is 0 Å². The maximum atomic E-state index is 4.04. The molecule has 1 aliphatic heterocycles. The molecule has 4 nitrogen and oxygen atoms in total. The van der Waals surface area contributed by atoms with Gasteiger partial charge in [-0.3, -0.25) is 9.97 Å². The Kier molecular flexibility index (Phi) is 32.1. The van der Waals surface area contributed by atoms with Gasteiger partial charge in [0.05, 0.1) is 11.1 Å². The van der Waals surface area contributed by atoms with E-state index in [1.54, 1.807) is 24.8 Å². The van der Waals surface area contributed by atoms with Gasteiger partial charge in [-0.2, -0.15) is 0 Å². The van der Waals surface area contributed by atoms with Gasteiger partial charge in [-0.05, 0) is 74.9 Å². The number of unbranched alkanes of at least 4 members (excludes halogenated alkanes) is 5. The highest BCUT2D eigenvalue weighted by Crippen LogP contribution is 2.11. The standard InChI is InChI=1S/C31H42N2.C20H20N2.CH4.2BrH/c1-4-8-12-16-24-32-26-18-22-30(28-32)20-14-10-6-2-3-7-11-15-21-31-23-19-27-33(29-31)25-17-13-9-5-1;1(3-5-7-11-19-13-9-15-21-17-19)2-4-6-8-12-20-14-10-16-22-18-20;;;/h18-19,22-23,26-29H,1-13,16-17,24-25H2;9-10,13-18H,1-6H2;1H4;2*1H/q+2;;;;/p-2. The summed E-state index contributed by atoms with van der Waals surface area (Å²) in [7, 11) is 0. The first-order valence-corrected chi connectivity index (χ1v) is 21.1. The Morgan fingerprint density at radius 1 is 0.500 bits per heavy atom. The largest absolute Gasteiger partial charge is 1.00 e. The Labute approximate surface area is 374 Å². The molecular weight excluding hydrogens is 840 g/mol. The molecule has 308 valence electrons. The molecule has 5 heterocycles. The molecule has 0 radical (unpaired) electrons. The summed E-state index contributed by atoms with van der Waals surface area (Å²) in [6.45, 7) is 2.22. The Hall–Kier alpha value is -4.20. The lowest BCUT2D eigenvalue weighted by Crippen LogP contribution is -3.00. The van der Waals surface area contributed by atoms with E-state index in [2.05, 4.69) is 116 Å². The van der Waals surface area contributed by atoms with E-state index in [9.17, 15) is 0 Å². The first-order chi connectivity index (χ1) is 27.3. The van der Waals surface area contributed by atoms with Crippen LogP contribution in [0.25, 0.3) is 0 Å². The van der Waals surface area contributed by atoms with Crippen LogP contribution in [-0.2, 0) is 13.1 Å². The van der Waals surface area contributed by atoms with Crippen molar-refractivity contribution in [2.75, 3.05) is 0 Å². The molecule has 0 fully saturated rings. The number of aryl methyl sites for hydroxylation is 2. The molecule has 4 aromatic rings. The van der Waals surface area contributed by atoms with Gasteiger partial charge >= 0.3 is 0 Å². The average molecular weight is 907 g/mol. The van der Waals surface area contributed by atoms with Crippen molar-refractivity contribution in [1.29, 1.82) is 0 Å². The summed E-state index contributed by atoms with van der Waals surface area (Å²) in [4.78, 5) is 8.09. The highest BCUT2D eigenvalue weighted by molar-refractivity contribution is 5.32. The van der Waals surface area contributed by atoms with Crippen molar-refractivity contribution < 1.29 is 43.1 Å². The number of rotatable bonds is 5. The third-order valence-electron chi connectivity index (χ3n) is 9.51. The summed E-state index contributed by atoms with van der Waals surface area (Å²) >= 11 is 0. The van der Waals surface area contributed by atoms with Crippen LogP contribution in [0.3, 0.4) is 0 Å². The molecule has 0 atom stereocenters. The SMILES string of the molecule is C.C(#Cc1cccnc1)CCCCCCC#Cc1cccnc1.C1#Cc2ccc[n+](c2)CCCCCCCCCCC[n+]2cccc(c2)C#CCCCCCC1.[Br-].[Br-]. The molecule has 0 aromatic carbocycles. The van der Waals surface area contributed by atoms with Crippen LogP contribution in [0.15, 0.2) is 98.1 Å². The summed E-state index contributed by atoms with van der Waals surface area (Å²) in [6.07, 6.45) is 41.5. The Morgan fingerprint density at radius 2 is 0.914 bits per heavy atom. The van der Waals surface area contributed by atoms with Gasteiger partial charge in [0, 0.05) is 86.6 Å². The number of hydrogen-bond acceptors (Lipinski definition) is 2. The third-order valence-corrected chi connectivity index (χ3v) is 9.51. The minimum Gasteiger partial charge on any atom is -1.00 e. The van der Waals surface area contributed by atoms with Crippen LogP contribution in [0.2, 0.25) is 0 Å². The van der Waals surface area contributed by atoms with E-state index in [1.807, 2.05) is 24.3 Å². The molecule has 0 saturated carbocycles. The Balaban J connectivity index is 0.000000591. The zero-order valence-corrected chi connectivity index (χ0v) is 37.2. The molecular formula is C52H66Br2N4. The number of fused-ring (bicyclic) bond motifs is 4. The van der Waals surface area contributed by atoms with E-state index in [0.717, 1.165) is 73.9 Å². The molecule has 1 aliphatic rings. The van der Waals surface area contributed by atoms with Gasteiger partial charge in [0.2, 0.25) is 0 Å². The summed E-state index contributed by atoms with van der Waals surface area (Å²) in [5.41, 5.74) is 4.28. The second kappa shape index (κ2) is 35.9. The summed E-state index contributed by atoms with van der Waals surface area (Å²) in [5.74, 6) is 26.1. The number of hydrogen-bond donors (Lipinski definition) is 0. The van der Waals surface area contributed by atoms with Crippen LogP contribution in [0.1, 0.15) is 165 Å². The first-order valence-electron chi connectivity index (χ1n) is 21.1. The smallest absolute Gasteiger partial charge is 0.184 e. The second-order valence-electron chi connectivity index (χ2n) is 14.4. The molecule has 0 N–H and O–H groups in total. The molecule has 4 aromatic heterocycles. The van der Waals surface area contributed by atoms with E-state index < -0.39 is 0 Å². The van der Waals surface area contributed by atoms with Gasteiger partial charge in [-0.15, -0.1) is 0 Å². The zero-order chi connectivity index (χ0) is 38.1. The quantitative estimate of drug-likeness (QED) is 0.153. The van der Waals surface area contributed by atoms with Crippen molar-refractivity contribution in [1.82, 2.24) is 9.97 Å². The van der Waals surface area contributed by atoms with Crippen LogP contribution in [-0.4, -0.2) is 9.97 Å². The monoisotopic (exact) mass is 904 g/mol. The van der Waals surface area contributed by atoms with Crippen molar-refractivity contribution in [3.63, 3.8) is 0 Å². The normalized spacial score (nSPS) is 13.4.